The Bertz CT molecular complexity index is 1290. The van der Waals surface area contributed by atoms with Crippen LogP contribution in [0.4, 0.5) is 37.1 Å². The first-order valence-electron chi connectivity index (χ1n) is 11.4. The summed E-state index contributed by atoms with van der Waals surface area (Å²) in [5.74, 6) is -3.99. The molecule has 2 heterocycles. The van der Waals surface area contributed by atoms with Crippen molar-refractivity contribution in [1.29, 1.82) is 0 Å². The van der Waals surface area contributed by atoms with E-state index in [2.05, 4.69) is 9.72 Å². The van der Waals surface area contributed by atoms with E-state index in [1.54, 1.807) is 0 Å². The van der Waals surface area contributed by atoms with Crippen LogP contribution in [-0.4, -0.2) is 46.0 Å². The molecular weight excluding hydrogens is 518 g/mol. The molecule has 13 heteroatoms. The molecule has 1 aliphatic rings. The van der Waals surface area contributed by atoms with Crippen LogP contribution >= 0.6 is 0 Å². The first-order valence-corrected chi connectivity index (χ1v) is 11.4. The lowest BCUT2D eigenvalue weighted by Crippen LogP contribution is -2.44. The SMILES string of the molecule is Nc1nc2c(c(=O)n1C(c1ccccc1)c1ccccc1)CCN(C(=O)OCC(C(F)(F)F)C(F)(F)F)C2. The van der Waals surface area contributed by atoms with Gasteiger partial charge in [-0.05, 0) is 17.5 Å². The number of hydrogen-bond donors (Lipinski definition) is 1. The van der Waals surface area contributed by atoms with Crippen molar-refractivity contribution in [2.24, 2.45) is 5.92 Å². The molecule has 4 rings (SSSR count). The highest BCUT2D eigenvalue weighted by Gasteiger charge is 2.57. The maximum atomic E-state index is 13.6. The van der Waals surface area contributed by atoms with E-state index in [-0.39, 0.29) is 36.7 Å². The number of alkyl halides is 6. The summed E-state index contributed by atoms with van der Waals surface area (Å²) in [4.78, 5) is 31.1. The van der Waals surface area contributed by atoms with Crippen LogP contribution in [0.1, 0.15) is 28.4 Å². The summed E-state index contributed by atoms with van der Waals surface area (Å²) in [6.07, 6.45) is -12.7. The number of anilines is 1. The van der Waals surface area contributed by atoms with Gasteiger partial charge in [0, 0.05) is 12.1 Å². The van der Waals surface area contributed by atoms with Crippen LogP contribution in [0.3, 0.4) is 0 Å². The summed E-state index contributed by atoms with van der Waals surface area (Å²) < 4.78 is 82.2. The second-order valence-corrected chi connectivity index (χ2v) is 8.68. The minimum absolute atomic E-state index is 0.0468. The third kappa shape index (κ3) is 5.60. The fraction of sp³-hybridized carbons (Fsp3) is 0.320. The van der Waals surface area contributed by atoms with Crippen LogP contribution in [0.25, 0.3) is 0 Å². The Labute approximate surface area is 212 Å². The fourth-order valence-corrected chi connectivity index (χ4v) is 4.31. The van der Waals surface area contributed by atoms with Crippen LogP contribution in [-0.2, 0) is 17.7 Å². The summed E-state index contributed by atoms with van der Waals surface area (Å²) in [6, 6.07) is 17.6. The van der Waals surface area contributed by atoms with E-state index in [1.807, 2.05) is 60.7 Å². The Morgan fingerprint density at radius 1 is 0.947 bits per heavy atom. The third-order valence-electron chi connectivity index (χ3n) is 6.20. The molecule has 0 fully saturated rings. The van der Waals surface area contributed by atoms with Gasteiger partial charge in [0.25, 0.3) is 5.56 Å². The zero-order chi connectivity index (χ0) is 27.7. The van der Waals surface area contributed by atoms with Gasteiger partial charge in [-0.15, -0.1) is 0 Å². The number of ether oxygens (including phenoxy) is 1. The molecule has 0 saturated carbocycles. The number of nitrogens with two attached hydrogens (primary N) is 1. The van der Waals surface area contributed by atoms with E-state index >= 15 is 0 Å². The quantitative estimate of drug-likeness (QED) is 0.474. The Morgan fingerprint density at radius 2 is 1.47 bits per heavy atom. The van der Waals surface area contributed by atoms with Crippen molar-refractivity contribution < 1.29 is 35.9 Å². The largest absolute Gasteiger partial charge is 0.448 e. The predicted molar refractivity (Wildman–Crippen MR) is 124 cm³/mol. The van der Waals surface area contributed by atoms with E-state index in [1.165, 1.54) is 4.57 Å². The molecule has 1 amide bonds. The van der Waals surface area contributed by atoms with Gasteiger partial charge in [-0.3, -0.25) is 9.36 Å². The topological polar surface area (TPSA) is 90.5 Å². The van der Waals surface area contributed by atoms with E-state index in [9.17, 15) is 35.9 Å². The number of rotatable bonds is 5. The van der Waals surface area contributed by atoms with Crippen molar-refractivity contribution in [1.82, 2.24) is 14.5 Å². The predicted octanol–water partition coefficient (Wildman–Crippen LogP) is 4.70. The zero-order valence-electron chi connectivity index (χ0n) is 19.7. The number of benzene rings is 2. The Balaban J connectivity index is 1.61. The normalized spacial score (nSPS) is 14.1. The molecule has 3 aromatic rings. The summed E-state index contributed by atoms with van der Waals surface area (Å²) in [5, 5.41) is 0. The van der Waals surface area contributed by atoms with Gasteiger partial charge in [0.2, 0.25) is 5.95 Å². The van der Waals surface area contributed by atoms with Gasteiger partial charge in [0.05, 0.1) is 18.3 Å². The van der Waals surface area contributed by atoms with E-state index < -0.39 is 42.6 Å². The molecule has 0 unspecified atom stereocenters. The van der Waals surface area contributed by atoms with E-state index in [0.717, 1.165) is 16.0 Å². The molecule has 2 aromatic carbocycles. The van der Waals surface area contributed by atoms with Gasteiger partial charge in [-0.25, -0.2) is 9.78 Å². The number of carbonyl (C=O) groups is 1. The van der Waals surface area contributed by atoms with Crippen molar-refractivity contribution in [3.8, 4) is 0 Å². The summed E-state index contributed by atoms with van der Waals surface area (Å²) in [7, 11) is 0. The second kappa shape index (κ2) is 10.4. The minimum atomic E-state index is -5.64. The lowest BCUT2D eigenvalue weighted by molar-refractivity contribution is -0.291. The monoisotopic (exact) mass is 540 g/mol. The fourth-order valence-electron chi connectivity index (χ4n) is 4.31. The molecule has 0 saturated heterocycles. The maximum Gasteiger partial charge on any atom is 0.410 e. The second-order valence-electron chi connectivity index (χ2n) is 8.68. The van der Waals surface area contributed by atoms with Crippen LogP contribution < -0.4 is 11.3 Å². The maximum absolute atomic E-state index is 13.6. The Hall–Kier alpha value is -4.03. The zero-order valence-corrected chi connectivity index (χ0v) is 19.7. The number of amides is 1. The highest BCUT2D eigenvalue weighted by molar-refractivity contribution is 5.68. The lowest BCUT2D eigenvalue weighted by Gasteiger charge is -2.30. The number of nitrogens with zero attached hydrogens (tertiary/aromatic N) is 3. The van der Waals surface area contributed by atoms with Crippen LogP contribution in [0.2, 0.25) is 0 Å². The molecule has 2 N–H and O–H groups in total. The molecule has 38 heavy (non-hydrogen) atoms. The van der Waals surface area contributed by atoms with Gasteiger partial charge in [0.1, 0.15) is 6.61 Å². The van der Waals surface area contributed by atoms with E-state index in [0.29, 0.717) is 0 Å². The van der Waals surface area contributed by atoms with Gasteiger partial charge in [-0.2, -0.15) is 26.3 Å². The summed E-state index contributed by atoms with van der Waals surface area (Å²) in [6.45, 7) is -2.45. The Morgan fingerprint density at radius 3 is 1.97 bits per heavy atom. The molecule has 0 bridgehead atoms. The number of halogens is 6. The first-order chi connectivity index (χ1) is 17.9. The van der Waals surface area contributed by atoms with Crippen molar-refractivity contribution in [2.45, 2.75) is 31.4 Å². The molecule has 1 aromatic heterocycles. The van der Waals surface area contributed by atoms with Gasteiger partial charge >= 0.3 is 18.4 Å². The van der Waals surface area contributed by atoms with Gasteiger partial charge in [-0.1, -0.05) is 60.7 Å². The smallest absolute Gasteiger partial charge is 0.410 e. The number of fused-ring (bicyclic) bond motifs is 1. The molecule has 0 aliphatic carbocycles. The van der Waals surface area contributed by atoms with Crippen molar-refractivity contribution in [3.05, 3.63) is 93.4 Å². The first kappa shape index (κ1) is 27.0. The molecule has 1 aliphatic heterocycles. The number of carbonyl (C=O) groups excluding carboxylic acids is 1. The van der Waals surface area contributed by atoms with Crippen molar-refractivity contribution >= 4 is 12.0 Å². The summed E-state index contributed by atoms with van der Waals surface area (Å²) in [5.41, 5.74) is 7.60. The molecule has 7 nitrogen and oxygen atoms in total. The molecule has 0 spiro atoms. The standard InChI is InChI=1S/C25H22F6N4O3/c26-24(27,28)19(25(29,30)31)14-38-23(37)34-12-11-17-18(13-34)33-22(32)35(21(17)36)20(15-7-3-1-4-8-15)16-9-5-2-6-10-16/h1-10,19-20H,11-14H2,(H2,32,33). The van der Waals surface area contributed by atoms with Crippen LogP contribution in [0.15, 0.2) is 65.5 Å². The van der Waals surface area contributed by atoms with Crippen LogP contribution in [0, 0.1) is 5.92 Å². The third-order valence-corrected chi connectivity index (χ3v) is 6.20. The molecule has 202 valence electrons. The molecule has 0 atom stereocenters. The van der Waals surface area contributed by atoms with Crippen molar-refractivity contribution in [2.75, 3.05) is 18.9 Å². The highest BCUT2D eigenvalue weighted by Crippen LogP contribution is 2.39. The summed E-state index contributed by atoms with van der Waals surface area (Å²) >= 11 is 0. The minimum Gasteiger partial charge on any atom is -0.448 e. The number of nitrogen functional groups attached to an aromatic ring is 1. The number of aromatic nitrogens is 2. The van der Waals surface area contributed by atoms with Crippen molar-refractivity contribution in [3.63, 3.8) is 0 Å². The van der Waals surface area contributed by atoms with E-state index in [4.69, 9.17) is 5.73 Å². The lowest BCUT2D eigenvalue weighted by atomic mass is 9.97. The molecular formula is C25H22F6N4O3. The average molecular weight is 540 g/mol. The van der Waals surface area contributed by atoms with Gasteiger partial charge < -0.3 is 15.4 Å². The van der Waals surface area contributed by atoms with Gasteiger partial charge in [0.15, 0.2) is 5.92 Å². The van der Waals surface area contributed by atoms with Crippen LogP contribution in [0.5, 0.6) is 0 Å². The Kier molecular flexibility index (Phi) is 7.38. The average Bonchev–Trinajstić information content (AvgIpc) is 2.85. The number of hydrogen-bond acceptors (Lipinski definition) is 5. The highest BCUT2D eigenvalue weighted by atomic mass is 19.4. The molecule has 0 radical (unpaired) electrons.